The van der Waals surface area contributed by atoms with Crippen molar-refractivity contribution < 1.29 is 14.6 Å². The number of rotatable bonds is 7. The molecule has 1 fully saturated rings. The molecule has 1 aliphatic rings. The van der Waals surface area contributed by atoms with E-state index in [9.17, 15) is 4.79 Å². The highest BCUT2D eigenvalue weighted by Gasteiger charge is 2.40. The van der Waals surface area contributed by atoms with Crippen LogP contribution in [0.3, 0.4) is 0 Å². The molecule has 1 saturated carbocycles. The van der Waals surface area contributed by atoms with Gasteiger partial charge in [-0.2, -0.15) is 0 Å². The Morgan fingerprint density at radius 2 is 2.29 bits per heavy atom. The lowest BCUT2D eigenvalue weighted by molar-refractivity contribution is -0.140. The van der Waals surface area contributed by atoms with Crippen molar-refractivity contribution in [2.24, 2.45) is 5.41 Å². The molecule has 0 aliphatic heterocycles. The molecule has 0 spiro atoms. The number of methoxy groups -OCH3 is 1. The molecular formula is C10H19NO3. The minimum Gasteiger partial charge on any atom is -0.480 e. The van der Waals surface area contributed by atoms with Gasteiger partial charge in [-0.1, -0.05) is 6.92 Å². The molecule has 0 aromatic carbocycles. The maximum Gasteiger partial charge on any atom is 0.323 e. The van der Waals surface area contributed by atoms with E-state index in [1.807, 2.05) is 0 Å². The Labute approximate surface area is 84.6 Å². The van der Waals surface area contributed by atoms with Gasteiger partial charge in [-0.15, -0.1) is 0 Å². The smallest absolute Gasteiger partial charge is 0.323 e. The zero-order chi connectivity index (χ0) is 10.6. The summed E-state index contributed by atoms with van der Waals surface area (Å²) < 4.78 is 4.84. The van der Waals surface area contributed by atoms with Crippen molar-refractivity contribution in [2.45, 2.75) is 32.2 Å². The van der Waals surface area contributed by atoms with Gasteiger partial charge in [0.1, 0.15) is 6.04 Å². The first-order chi connectivity index (χ1) is 6.63. The normalized spacial score (nSPS) is 20.4. The first kappa shape index (κ1) is 11.5. The Morgan fingerprint density at radius 1 is 1.64 bits per heavy atom. The van der Waals surface area contributed by atoms with Crippen molar-refractivity contribution in [1.29, 1.82) is 0 Å². The van der Waals surface area contributed by atoms with Crippen LogP contribution in [0.5, 0.6) is 0 Å². The summed E-state index contributed by atoms with van der Waals surface area (Å²) >= 11 is 0. The van der Waals surface area contributed by atoms with E-state index in [1.165, 1.54) is 20.0 Å². The van der Waals surface area contributed by atoms with Crippen molar-refractivity contribution in [1.82, 2.24) is 5.32 Å². The van der Waals surface area contributed by atoms with Gasteiger partial charge in [0, 0.05) is 13.7 Å². The average Bonchev–Trinajstić information content (AvgIpc) is 2.92. The molecule has 1 aliphatic carbocycles. The van der Waals surface area contributed by atoms with Crippen molar-refractivity contribution in [2.75, 3.05) is 20.3 Å². The molecule has 14 heavy (non-hydrogen) atoms. The van der Waals surface area contributed by atoms with Crippen LogP contribution >= 0.6 is 0 Å². The van der Waals surface area contributed by atoms with Crippen LogP contribution < -0.4 is 5.32 Å². The molecule has 0 aromatic rings. The number of hydrogen-bond donors (Lipinski definition) is 2. The average molecular weight is 201 g/mol. The fourth-order valence-corrected chi connectivity index (χ4v) is 1.56. The topological polar surface area (TPSA) is 58.6 Å². The van der Waals surface area contributed by atoms with Crippen LogP contribution in [-0.2, 0) is 9.53 Å². The lowest BCUT2D eigenvalue weighted by atomic mass is 10.0. The second kappa shape index (κ2) is 4.75. The number of nitrogens with one attached hydrogen (secondary N) is 1. The van der Waals surface area contributed by atoms with E-state index in [0.717, 1.165) is 13.0 Å². The summed E-state index contributed by atoms with van der Waals surface area (Å²) in [6.45, 7) is 3.18. The standard InChI is InChI=1S/C10H19NO3/c1-3-10(4-5-10)7-11-8(6-14-2)9(12)13/h8,11H,3-7H2,1-2H3,(H,12,13). The predicted molar refractivity (Wildman–Crippen MR) is 53.3 cm³/mol. The number of carboxylic acids is 1. The van der Waals surface area contributed by atoms with Crippen molar-refractivity contribution >= 4 is 5.97 Å². The van der Waals surface area contributed by atoms with Gasteiger partial charge in [-0.25, -0.2) is 0 Å². The number of carbonyl (C=O) groups is 1. The van der Waals surface area contributed by atoms with E-state index < -0.39 is 12.0 Å². The van der Waals surface area contributed by atoms with E-state index in [2.05, 4.69) is 12.2 Å². The summed E-state index contributed by atoms with van der Waals surface area (Å²) in [6.07, 6.45) is 3.56. The molecule has 4 nitrogen and oxygen atoms in total. The van der Waals surface area contributed by atoms with Crippen molar-refractivity contribution in [3.8, 4) is 0 Å². The maximum atomic E-state index is 10.8. The van der Waals surface area contributed by atoms with Crippen molar-refractivity contribution in [3.05, 3.63) is 0 Å². The number of aliphatic carboxylic acids is 1. The molecule has 0 bridgehead atoms. The lowest BCUT2D eigenvalue weighted by Gasteiger charge is -2.18. The Hall–Kier alpha value is -0.610. The van der Waals surface area contributed by atoms with Crippen LogP contribution in [0.25, 0.3) is 0 Å². The summed E-state index contributed by atoms with van der Waals surface area (Å²) in [6, 6.07) is -0.566. The van der Waals surface area contributed by atoms with Gasteiger partial charge in [0.25, 0.3) is 0 Å². The Bertz CT molecular complexity index is 202. The zero-order valence-electron chi connectivity index (χ0n) is 8.88. The lowest BCUT2D eigenvalue weighted by Crippen LogP contribution is -2.43. The molecule has 0 amide bonds. The van der Waals surface area contributed by atoms with Gasteiger partial charge < -0.3 is 15.2 Å². The Morgan fingerprint density at radius 3 is 2.64 bits per heavy atom. The highest BCUT2D eigenvalue weighted by Crippen LogP contribution is 2.47. The summed E-state index contributed by atoms with van der Waals surface area (Å²) in [7, 11) is 1.52. The van der Waals surface area contributed by atoms with E-state index in [0.29, 0.717) is 5.41 Å². The number of hydrogen-bond acceptors (Lipinski definition) is 3. The monoisotopic (exact) mass is 201 g/mol. The van der Waals surface area contributed by atoms with Gasteiger partial charge in [0.15, 0.2) is 0 Å². The second-order valence-electron chi connectivity index (χ2n) is 4.08. The fraction of sp³-hybridized carbons (Fsp3) is 0.900. The van der Waals surface area contributed by atoms with Crippen LogP contribution in [0.2, 0.25) is 0 Å². The summed E-state index contributed by atoms with van der Waals surface area (Å²) in [5.74, 6) is -0.834. The SMILES string of the molecule is CCC1(CNC(COC)C(=O)O)CC1. The molecule has 82 valence electrons. The Balaban J connectivity index is 2.29. The van der Waals surface area contributed by atoms with E-state index in [1.54, 1.807) is 0 Å². The van der Waals surface area contributed by atoms with Gasteiger partial charge in [-0.3, -0.25) is 4.79 Å². The van der Waals surface area contributed by atoms with E-state index >= 15 is 0 Å². The van der Waals surface area contributed by atoms with Crippen LogP contribution in [0.1, 0.15) is 26.2 Å². The third kappa shape index (κ3) is 2.96. The quantitative estimate of drug-likeness (QED) is 0.641. The third-order valence-corrected chi connectivity index (χ3v) is 3.06. The zero-order valence-corrected chi connectivity index (χ0v) is 8.88. The largest absolute Gasteiger partial charge is 0.480 e. The van der Waals surface area contributed by atoms with E-state index in [-0.39, 0.29) is 6.61 Å². The molecule has 1 unspecified atom stereocenters. The first-order valence-corrected chi connectivity index (χ1v) is 5.09. The van der Waals surface area contributed by atoms with Crippen molar-refractivity contribution in [3.63, 3.8) is 0 Å². The minimum absolute atomic E-state index is 0.231. The van der Waals surface area contributed by atoms with Gasteiger partial charge in [0.2, 0.25) is 0 Å². The summed E-state index contributed by atoms with van der Waals surface area (Å²) in [4.78, 5) is 10.8. The summed E-state index contributed by atoms with van der Waals surface area (Å²) in [5, 5.41) is 11.9. The van der Waals surface area contributed by atoms with Gasteiger partial charge >= 0.3 is 5.97 Å². The number of carboxylic acid groups (broad SMARTS) is 1. The molecule has 0 aromatic heterocycles. The van der Waals surface area contributed by atoms with E-state index in [4.69, 9.17) is 9.84 Å². The van der Waals surface area contributed by atoms with Gasteiger partial charge in [0.05, 0.1) is 6.61 Å². The first-order valence-electron chi connectivity index (χ1n) is 5.09. The molecule has 0 heterocycles. The molecular weight excluding hydrogens is 182 g/mol. The molecule has 1 rings (SSSR count). The Kier molecular flexibility index (Phi) is 3.89. The van der Waals surface area contributed by atoms with Crippen LogP contribution in [0, 0.1) is 5.41 Å². The highest BCUT2D eigenvalue weighted by molar-refractivity contribution is 5.73. The van der Waals surface area contributed by atoms with Gasteiger partial charge in [-0.05, 0) is 24.7 Å². The predicted octanol–water partition coefficient (Wildman–Crippen LogP) is 0.866. The minimum atomic E-state index is -0.834. The molecule has 1 atom stereocenters. The summed E-state index contributed by atoms with van der Waals surface area (Å²) in [5.41, 5.74) is 0.376. The fourth-order valence-electron chi connectivity index (χ4n) is 1.56. The second-order valence-corrected chi connectivity index (χ2v) is 4.08. The van der Waals surface area contributed by atoms with Crippen LogP contribution in [0.15, 0.2) is 0 Å². The van der Waals surface area contributed by atoms with Crippen LogP contribution in [-0.4, -0.2) is 37.4 Å². The molecule has 2 N–H and O–H groups in total. The number of ether oxygens (including phenoxy) is 1. The molecule has 4 heteroatoms. The molecule has 0 radical (unpaired) electrons. The van der Waals surface area contributed by atoms with Crippen LogP contribution in [0.4, 0.5) is 0 Å². The highest BCUT2D eigenvalue weighted by atomic mass is 16.5. The molecule has 0 saturated heterocycles. The third-order valence-electron chi connectivity index (χ3n) is 3.06. The maximum absolute atomic E-state index is 10.8.